The molecule has 1 aliphatic rings. The number of carbonyl (C=O) groups excluding carboxylic acids is 1. The van der Waals surface area contributed by atoms with E-state index in [4.69, 9.17) is 0 Å². The molecule has 3 rings (SSSR count). The van der Waals surface area contributed by atoms with E-state index in [1.807, 2.05) is 0 Å². The number of aryl methyl sites for hydroxylation is 1. The summed E-state index contributed by atoms with van der Waals surface area (Å²) in [6.45, 7) is 2.87. The lowest BCUT2D eigenvalue weighted by molar-refractivity contribution is 0.240. The molecule has 3 nitrogen and oxygen atoms in total. The highest BCUT2D eigenvalue weighted by Crippen LogP contribution is 2.27. The standard InChI is InChI=1S/C16H20N2OS/c1-2-11-3-6-15-14(9-11)12(10-20-15)7-8-17-16(19)18-13-4-5-13/h3,6,9-10,13H,2,4-5,7-8H2,1H3,(H2,17,18,19). The molecule has 0 spiro atoms. The fourth-order valence-electron chi connectivity index (χ4n) is 2.32. The second-order valence-electron chi connectivity index (χ2n) is 5.37. The summed E-state index contributed by atoms with van der Waals surface area (Å²) in [5, 5.41) is 9.44. The number of thiophene rings is 1. The smallest absolute Gasteiger partial charge is 0.315 e. The van der Waals surface area contributed by atoms with Gasteiger partial charge in [0.15, 0.2) is 0 Å². The molecule has 1 aromatic carbocycles. The van der Waals surface area contributed by atoms with Crippen molar-refractivity contribution in [2.24, 2.45) is 0 Å². The Labute approximate surface area is 123 Å². The van der Waals surface area contributed by atoms with Crippen LogP contribution < -0.4 is 10.6 Å². The lowest BCUT2D eigenvalue weighted by Crippen LogP contribution is -2.37. The van der Waals surface area contributed by atoms with Gasteiger partial charge in [0.1, 0.15) is 0 Å². The summed E-state index contributed by atoms with van der Waals surface area (Å²) >= 11 is 1.78. The van der Waals surface area contributed by atoms with E-state index in [1.54, 1.807) is 11.3 Å². The Morgan fingerprint density at radius 1 is 1.40 bits per heavy atom. The highest BCUT2D eigenvalue weighted by atomic mass is 32.1. The lowest BCUT2D eigenvalue weighted by atomic mass is 10.1. The predicted molar refractivity (Wildman–Crippen MR) is 84.5 cm³/mol. The summed E-state index contributed by atoms with van der Waals surface area (Å²) in [4.78, 5) is 11.6. The second-order valence-corrected chi connectivity index (χ2v) is 6.28. The van der Waals surface area contributed by atoms with Gasteiger partial charge in [-0.25, -0.2) is 4.79 Å². The minimum absolute atomic E-state index is 0.0266. The zero-order valence-corrected chi connectivity index (χ0v) is 12.6. The molecule has 1 saturated carbocycles. The minimum Gasteiger partial charge on any atom is -0.338 e. The number of amides is 2. The molecule has 0 atom stereocenters. The lowest BCUT2D eigenvalue weighted by Gasteiger charge is -2.06. The van der Waals surface area contributed by atoms with Crippen LogP contribution in [0.4, 0.5) is 4.79 Å². The molecule has 0 saturated heterocycles. The Balaban J connectivity index is 1.60. The first-order valence-electron chi connectivity index (χ1n) is 7.29. The molecule has 2 amide bonds. The van der Waals surface area contributed by atoms with Crippen LogP contribution in [-0.2, 0) is 12.8 Å². The number of hydrogen-bond acceptors (Lipinski definition) is 2. The number of fused-ring (bicyclic) bond motifs is 1. The van der Waals surface area contributed by atoms with E-state index in [0.717, 1.165) is 25.7 Å². The predicted octanol–water partition coefficient (Wildman–Crippen LogP) is 3.47. The highest BCUT2D eigenvalue weighted by molar-refractivity contribution is 7.17. The first kappa shape index (κ1) is 13.4. The van der Waals surface area contributed by atoms with E-state index in [0.29, 0.717) is 12.6 Å². The molecule has 0 radical (unpaired) electrons. The molecule has 20 heavy (non-hydrogen) atoms. The van der Waals surface area contributed by atoms with Gasteiger partial charge in [0.05, 0.1) is 0 Å². The Morgan fingerprint density at radius 2 is 2.25 bits per heavy atom. The average molecular weight is 288 g/mol. The molecule has 0 unspecified atom stereocenters. The number of rotatable bonds is 5. The summed E-state index contributed by atoms with van der Waals surface area (Å²) in [6.07, 6.45) is 4.21. The summed E-state index contributed by atoms with van der Waals surface area (Å²) in [5.74, 6) is 0. The minimum atomic E-state index is -0.0266. The van der Waals surface area contributed by atoms with E-state index >= 15 is 0 Å². The van der Waals surface area contributed by atoms with Crippen LogP contribution in [0.1, 0.15) is 30.9 Å². The molecular formula is C16H20N2OS. The Morgan fingerprint density at radius 3 is 3.00 bits per heavy atom. The van der Waals surface area contributed by atoms with Crippen molar-refractivity contribution in [2.45, 2.75) is 38.6 Å². The number of carbonyl (C=O) groups is 1. The van der Waals surface area contributed by atoms with Crippen LogP contribution in [0.3, 0.4) is 0 Å². The SMILES string of the molecule is CCc1ccc2scc(CCNC(=O)NC3CC3)c2c1. The van der Waals surface area contributed by atoms with Crippen LogP contribution in [0.2, 0.25) is 0 Å². The molecule has 1 aliphatic carbocycles. The molecule has 2 N–H and O–H groups in total. The molecule has 1 heterocycles. The topological polar surface area (TPSA) is 41.1 Å². The van der Waals surface area contributed by atoms with E-state index in [9.17, 15) is 4.79 Å². The quantitative estimate of drug-likeness (QED) is 0.869. The van der Waals surface area contributed by atoms with Crippen molar-refractivity contribution in [2.75, 3.05) is 6.54 Å². The van der Waals surface area contributed by atoms with Gasteiger partial charge in [-0.05, 0) is 53.6 Å². The van der Waals surface area contributed by atoms with E-state index in [2.05, 4.69) is 41.1 Å². The van der Waals surface area contributed by atoms with Crippen LogP contribution in [0.5, 0.6) is 0 Å². The van der Waals surface area contributed by atoms with Crippen molar-refractivity contribution < 1.29 is 4.79 Å². The van der Waals surface area contributed by atoms with Gasteiger partial charge in [-0.3, -0.25) is 0 Å². The first-order chi connectivity index (χ1) is 9.76. The van der Waals surface area contributed by atoms with Crippen molar-refractivity contribution in [1.82, 2.24) is 10.6 Å². The molecular weight excluding hydrogens is 268 g/mol. The third kappa shape index (κ3) is 3.12. The van der Waals surface area contributed by atoms with Gasteiger partial charge in [0.25, 0.3) is 0 Å². The normalized spacial score (nSPS) is 14.4. The summed E-state index contributed by atoms with van der Waals surface area (Å²) in [7, 11) is 0. The summed E-state index contributed by atoms with van der Waals surface area (Å²) < 4.78 is 1.33. The van der Waals surface area contributed by atoms with Crippen LogP contribution in [0, 0.1) is 0 Å². The first-order valence-corrected chi connectivity index (χ1v) is 8.17. The molecule has 4 heteroatoms. The maximum atomic E-state index is 11.6. The monoisotopic (exact) mass is 288 g/mol. The van der Waals surface area contributed by atoms with Crippen molar-refractivity contribution in [3.05, 3.63) is 34.7 Å². The largest absolute Gasteiger partial charge is 0.338 e. The van der Waals surface area contributed by atoms with Crippen LogP contribution in [0.25, 0.3) is 10.1 Å². The van der Waals surface area contributed by atoms with Gasteiger partial charge in [-0.2, -0.15) is 0 Å². The molecule has 106 valence electrons. The molecule has 2 aromatic rings. The number of hydrogen-bond donors (Lipinski definition) is 2. The molecule has 1 aromatic heterocycles. The van der Waals surface area contributed by atoms with Gasteiger partial charge in [-0.15, -0.1) is 11.3 Å². The fraction of sp³-hybridized carbons (Fsp3) is 0.438. The average Bonchev–Trinajstić information content (AvgIpc) is 3.18. The second kappa shape index (κ2) is 5.83. The summed E-state index contributed by atoms with van der Waals surface area (Å²) in [6, 6.07) is 7.08. The summed E-state index contributed by atoms with van der Waals surface area (Å²) in [5.41, 5.74) is 2.71. The van der Waals surface area contributed by atoms with Gasteiger partial charge in [0, 0.05) is 17.3 Å². The molecule has 1 fully saturated rings. The van der Waals surface area contributed by atoms with Crippen LogP contribution in [-0.4, -0.2) is 18.6 Å². The Kier molecular flexibility index (Phi) is 3.92. The van der Waals surface area contributed by atoms with Crippen molar-refractivity contribution in [3.63, 3.8) is 0 Å². The maximum absolute atomic E-state index is 11.6. The number of urea groups is 1. The van der Waals surface area contributed by atoms with Gasteiger partial charge in [0.2, 0.25) is 0 Å². The zero-order valence-electron chi connectivity index (χ0n) is 11.7. The zero-order chi connectivity index (χ0) is 13.9. The van der Waals surface area contributed by atoms with Crippen molar-refractivity contribution in [3.8, 4) is 0 Å². The maximum Gasteiger partial charge on any atom is 0.315 e. The van der Waals surface area contributed by atoms with Crippen molar-refractivity contribution in [1.29, 1.82) is 0 Å². The third-order valence-electron chi connectivity index (χ3n) is 3.72. The van der Waals surface area contributed by atoms with Crippen molar-refractivity contribution >= 4 is 27.5 Å². The van der Waals surface area contributed by atoms with Gasteiger partial charge < -0.3 is 10.6 Å². The number of benzene rings is 1. The van der Waals surface area contributed by atoms with Gasteiger partial charge in [-0.1, -0.05) is 19.1 Å². The Bertz CT molecular complexity index is 616. The Hall–Kier alpha value is -1.55. The van der Waals surface area contributed by atoms with Crippen LogP contribution in [0.15, 0.2) is 23.6 Å². The van der Waals surface area contributed by atoms with Crippen LogP contribution >= 0.6 is 11.3 Å². The van der Waals surface area contributed by atoms with E-state index < -0.39 is 0 Å². The highest BCUT2D eigenvalue weighted by Gasteiger charge is 2.22. The van der Waals surface area contributed by atoms with E-state index in [1.165, 1.54) is 21.2 Å². The third-order valence-corrected chi connectivity index (χ3v) is 4.73. The molecule has 0 bridgehead atoms. The number of nitrogens with one attached hydrogen (secondary N) is 2. The molecule has 0 aliphatic heterocycles. The van der Waals surface area contributed by atoms with Gasteiger partial charge >= 0.3 is 6.03 Å². The fourth-order valence-corrected chi connectivity index (χ4v) is 3.29. The van der Waals surface area contributed by atoms with E-state index in [-0.39, 0.29) is 6.03 Å².